The Kier molecular flexibility index (Phi) is 7.19. The maximum atomic E-state index is 12.9. The van der Waals surface area contributed by atoms with Crippen molar-refractivity contribution in [1.82, 2.24) is 19.1 Å². The average Bonchev–Trinajstić information content (AvgIpc) is 3.11. The van der Waals surface area contributed by atoms with Crippen LogP contribution in [0, 0.1) is 0 Å². The topological polar surface area (TPSA) is 74.7 Å². The number of rotatable bonds is 6. The first-order valence-electron chi connectivity index (χ1n) is 10.6. The summed E-state index contributed by atoms with van der Waals surface area (Å²) in [5, 5.41) is 3.10. The van der Waals surface area contributed by atoms with Gasteiger partial charge in [-0.15, -0.1) is 0 Å². The summed E-state index contributed by atoms with van der Waals surface area (Å²) < 4.78 is 28.9. The van der Waals surface area contributed by atoms with Gasteiger partial charge in [0.15, 0.2) is 0 Å². The number of nitrogens with zero attached hydrogens (tertiary/aromatic N) is 3. The first-order valence-corrected chi connectivity index (χ1v) is 12.0. The quantitative estimate of drug-likeness (QED) is 0.714. The zero-order chi connectivity index (χ0) is 21.0. The Balaban J connectivity index is 1.60. The molecule has 1 N–H and O–H groups in total. The van der Waals surface area contributed by atoms with Gasteiger partial charge in [-0.3, -0.25) is 9.69 Å². The number of amides is 1. The van der Waals surface area contributed by atoms with E-state index in [1.807, 2.05) is 0 Å². The molecule has 3 rings (SSSR count). The standard InChI is InChI=1S/C21H34N4O3S/c1-17(2)7-12-24-13-8-18(9-14-24)22-21(26)20-15-19(16-23(20)3)29(27,28)25-10-5-4-6-11-25/h7,15-16,18H,4-6,8-14H2,1-3H3,(H,22,26). The van der Waals surface area contributed by atoms with Crippen molar-refractivity contribution in [2.24, 2.45) is 7.05 Å². The zero-order valence-electron chi connectivity index (χ0n) is 17.9. The number of hydrogen-bond acceptors (Lipinski definition) is 4. The molecule has 7 nitrogen and oxygen atoms in total. The van der Waals surface area contributed by atoms with Gasteiger partial charge < -0.3 is 9.88 Å². The van der Waals surface area contributed by atoms with Crippen molar-refractivity contribution < 1.29 is 13.2 Å². The summed E-state index contributed by atoms with van der Waals surface area (Å²) in [6.45, 7) is 8.19. The molecule has 0 spiro atoms. The van der Waals surface area contributed by atoms with E-state index in [0.29, 0.717) is 18.8 Å². The summed E-state index contributed by atoms with van der Waals surface area (Å²) in [7, 11) is -1.80. The highest BCUT2D eigenvalue weighted by Gasteiger charge is 2.29. The van der Waals surface area contributed by atoms with Gasteiger partial charge in [-0.25, -0.2) is 8.42 Å². The number of allylic oxidation sites excluding steroid dienone is 1. The maximum absolute atomic E-state index is 12.9. The monoisotopic (exact) mass is 422 g/mol. The van der Waals surface area contributed by atoms with E-state index in [1.165, 1.54) is 15.9 Å². The van der Waals surface area contributed by atoms with Crippen molar-refractivity contribution in [3.63, 3.8) is 0 Å². The van der Waals surface area contributed by atoms with Gasteiger partial charge in [-0.2, -0.15) is 4.31 Å². The molecule has 3 heterocycles. The molecule has 0 saturated carbocycles. The summed E-state index contributed by atoms with van der Waals surface area (Å²) in [5.41, 5.74) is 1.71. The molecule has 162 valence electrons. The van der Waals surface area contributed by atoms with Gasteiger partial charge in [0, 0.05) is 52.0 Å². The van der Waals surface area contributed by atoms with Crippen molar-refractivity contribution in [3.8, 4) is 0 Å². The fraction of sp³-hybridized carbons (Fsp3) is 0.667. The largest absolute Gasteiger partial charge is 0.348 e. The third kappa shape index (κ3) is 5.49. The summed E-state index contributed by atoms with van der Waals surface area (Å²) >= 11 is 0. The molecule has 0 aromatic carbocycles. The van der Waals surface area contributed by atoms with Crippen LogP contribution in [0.25, 0.3) is 0 Å². The van der Waals surface area contributed by atoms with E-state index in [0.717, 1.165) is 51.7 Å². The fourth-order valence-electron chi connectivity index (χ4n) is 3.99. The van der Waals surface area contributed by atoms with Crippen molar-refractivity contribution in [2.45, 2.75) is 56.9 Å². The number of sulfonamides is 1. The SMILES string of the molecule is CC(C)=CCN1CCC(NC(=O)c2cc(S(=O)(=O)N3CCCCC3)cn2C)CC1. The number of nitrogens with one attached hydrogen (secondary N) is 1. The number of piperidine rings is 2. The highest BCUT2D eigenvalue weighted by atomic mass is 32.2. The lowest BCUT2D eigenvalue weighted by Crippen LogP contribution is -2.45. The van der Waals surface area contributed by atoms with Gasteiger partial charge in [-0.05, 0) is 45.6 Å². The van der Waals surface area contributed by atoms with Crippen LogP contribution in [0.1, 0.15) is 56.4 Å². The molecule has 2 aliphatic heterocycles. The molecule has 1 amide bonds. The van der Waals surface area contributed by atoms with Crippen LogP contribution in [0.5, 0.6) is 0 Å². The highest BCUT2D eigenvalue weighted by molar-refractivity contribution is 7.89. The maximum Gasteiger partial charge on any atom is 0.268 e. The Hall–Kier alpha value is -1.64. The van der Waals surface area contributed by atoms with E-state index in [2.05, 4.69) is 30.1 Å². The molecule has 0 atom stereocenters. The van der Waals surface area contributed by atoms with Gasteiger partial charge in [0.1, 0.15) is 10.6 Å². The van der Waals surface area contributed by atoms with Gasteiger partial charge in [0.2, 0.25) is 10.0 Å². The van der Waals surface area contributed by atoms with Crippen molar-refractivity contribution in [1.29, 1.82) is 0 Å². The first-order chi connectivity index (χ1) is 13.8. The molecular weight excluding hydrogens is 388 g/mol. The Morgan fingerprint density at radius 3 is 2.41 bits per heavy atom. The van der Waals surface area contributed by atoms with Crippen LogP contribution in [0.3, 0.4) is 0 Å². The van der Waals surface area contributed by atoms with Crippen LogP contribution in [0.4, 0.5) is 0 Å². The minimum atomic E-state index is -3.53. The minimum Gasteiger partial charge on any atom is -0.348 e. The van der Waals surface area contributed by atoms with E-state index in [1.54, 1.807) is 17.8 Å². The Morgan fingerprint density at radius 1 is 1.14 bits per heavy atom. The number of carbonyl (C=O) groups excluding carboxylic acids is 1. The third-order valence-electron chi connectivity index (χ3n) is 5.85. The highest BCUT2D eigenvalue weighted by Crippen LogP contribution is 2.22. The molecule has 0 bridgehead atoms. The number of carbonyl (C=O) groups is 1. The van der Waals surface area contributed by atoms with E-state index >= 15 is 0 Å². The van der Waals surface area contributed by atoms with Crippen LogP contribution in [0.2, 0.25) is 0 Å². The molecular formula is C21H34N4O3S. The number of aryl methyl sites for hydroxylation is 1. The van der Waals surface area contributed by atoms with E-state index in [9.17, 15) is 13.2 Å². The van der Waals surface area contributed by atoms with E-state index < -0.39 is 10.0 Å². The van der Waals surface area contributed by atoms with E-state index in [4.69, 9.17) is 0 Å². The van der Waals surface area contributed by atoms with Crippen LogP contribution in [-0.2, 0) is 17.1 Å². The second kappa shape index (κ2) is 9.45. The summed E-state index contributed by atoms with van der Waals surface area (Å²) in [4.78, 5) is 15.4. The van der Waals surface area contributed by atoms with Crippen LogP contribution in [-0.4, -0.2) is 66.9 Å². The molecule has 0 radical (unpaired) electrons. The third-order valence-corrected chi connectivity index (χ3v) is 7.71. The predicted molar refractivity (Wildman–Crippen MR) is 114 cm³/mol. The van der Waals surface area contributed by atoms with Crippen LogP contribution in [0.15, 0.2) is 28.8 Å². The molecule has 1 aromatic rings. The number of hydrogen-bond donors (Lipinski definition) is 1. The molecule has 1 aromatic heterocycles. The van der Waals surface area contributed by atoms with Crippen LogP contribution < -0.4 is 5.32 Å². The second-order valence-electron chi connectivity index (χ2n) is 8.47. The summed E-state index contributed by atoms with van der Waals surface area (Å²) in [5.74, 6) is -0.199. The van der Waals surface area contributed by atoms with Gasteiger partial charge in [0.25, 0.3) is 5.91 Å². The fourth-order valence-corrected chi connectivity index (χ4v) is 5.58. The van der Waals surface area contributed by atoms with Crippen molar-refractivity contribution >= 4 is 15.9 Å². The molecule has 2 saturated heterocycles. The molecule has 0 unspecified atom stereocenters. The Bertz CT molecular complexity index is 841. The second-order valence-corrected chi connectivity index (χ2v) is 10.4. The zero-order valence-corrected chi connectivity index (χ0v) is 18.7. The Labute approximate surface area is 174 Å². The molecule has 29 heavy (non-hydrogen) atoms. The number of aromatic nitrogens is 1. The predicted octanol–water partition coefficient (Wildman–Crippen LogP) is 2.36. The van der Waals surface area contributed by atoms with Gasteiger partial charge in [-0.1, -0.05) is 18.1 Å². The number of likely N-dealkylation sites (tertiary alicyclic amines) is 1. The molecule has 2 aliphatic rings. The summed E-state index contributed by atoms with van der Waals surface area (Å²) in [6.07, 6.45) is 8.46. The van der Waals surface area contributed by atoms with Crippen LogP contribution >= 0.6 is 0 Å². The smallest absolute Gasteiger partial charge is 0.268 e. The van der Waals surface area contributed by atoms with Gasteiger partial charge in [0.05, 0.1) is 0 Å². The molecule has 0 aliphatic carbocycles. The van der Waals surface area contributed by atoms with Gasteiger partial charge >= 0.3 is 0 Å². The molecule has 2 fully saturated rings. The molecule has 8 heteroatoms. The first kappa shape index (κ1) is 22.1. The van der Waals surface area contributed by atoms with Crippen molar-refractivity contribution in [2.75, 3.05) is 32.7 Å². The summed E-state index contributed by atoms with van der Waals surface area (Å²) in [6, 6.07) is 1.64. The Morgan fingerprint density at radius 2 is 1.79 bits per heavy atom. The minimum absolute atomic E-state index is 0.127. The van der Waals surface area contributed by atoms with Crippen molar-refractivity contribution in [3.05, 3.63) is 29.6 Å². The normalized spacial score (nSPS) is 19.8. The van der Waals surface area contributed by atoms with E-state index in [-0.39, 0.29) is 16.8 Å². The lowest BCUT2D eigenvalue weighted by molar-refractivity contribution is 0.0906. The lowest BCUT2D eigenvalue weighted by atomic mass is 10.0. The lowest BCUT2D eigenvalue weighted by Gasteiger charge is -2.31. The average molecular weight is 423 g/mol.